The van der Waals surface area contributed by atoms with Crippen LogP contribution < -0.4 is 10.6 Å². The molecule has 1 aromatic carbocycles. The summed E-state index contributed by atoms with van der Waals surface area (Å²) in [5.74, 6) is 0.822. The van der Waals surface area contributed by atoms with Gasteiger partial charge >= 0.3 is 0 Å². The number of nitrogens with one attached hydrogen (secondary N) is 2. The maximum Gasteiger partial charge on any atom is 0.191 e. The number of benzene rings is 1. The van der Waals surface area contributed by atoms with Crippen molar-refractivity contribution in [2.24, 2.45) is 4.99 Å². The predicted molar refractivity (Wildman–Crippen MR) is 104 cm³/mol. The highest BCUT2D eigenvalue weighted by molar-refractivity contribution is 14.0. The molecule has 0 fully saturated rings. The summed E-state index contributed by atoms with van der Waals surface area (Å²) in [7, 11) is 3.91. The number of rotatable bonds is 9. The summed E-state index contributed by atoms with van der Waals surface area (Å²) in [4.78, 5) is 6.47. The van der Waals surface area contributed by atoms with E-state index in [0.29, 0.717) is 6.61 Å². The minimum Gasteiger partial charge on any atom is -0.380 e. The lowest BCUT2D eigenvalue weighted by atomic mass is 10.2. The number of ether oxygens (including phenoxy) is 1. The number of nitrogens with zero attached hydrogens (tertiary/aromatic N) is 2. The third-order valence-electron chi connectivity index (χ3n) is 3.05. The molecule has 0 heterocycles. The highest BCUT2D eigenvalue weighted by Gasteiger charge is 2.01. The Morgan fingerprint density at radius 1 is 1.18 bits per heavy atom. The molecule has 22 heavy (non-hydrogen) atoms. The van der Waals surface area contributed by atoms with E-state index in [0.717, 1.165) is 38.7 Å². The van der Waals surface area contributed by atoms with Crippen molar-refractivity contribution in [2.75, 3.05) is 46.9 Å². The van der Waals surface area contributed by atoms with Crippen molar-refractivity contribution in [2.45, 2.75) is 13.5 Å². The molecule has 1 aromatic rings. The van der Waals surface area contributed by atoms with Gasteiger partial charge in [0.05, 0.1) is 6.61 Å². The number of hydrogen-bond donors (Lipinski definition) is 2. The molecule has 5 nitrogen and oxygen atoms in total. The van der Waals surface area contributed by atoms with E-state index >= 15 is 0 Å². The molecule has 0 saturated heterocycles. The predicted octanol–water partition coefficient (Wildman–Crippen LogP) is 1.94. The van der Waals surface area contributed by atoms with Crippen molar-refractivity contribution < 1.29 is 4.74 Å². The zero-order chi connectivity index (χ0) is 15.3. The van der Waals surface area contributed by atoms with Gasteiger partial charge in [-0.05, 0) is 19.5 Å². The Bertz CT molecular complexity index is 400. The van der Waals surface area contributed by atoms with E-state index < -0.39 is 0 Å². The monoisotopic (exact) mass is 420 g/mol. The van der Waals surface area contributed by atoms with Crippen LogP contribution in [0.1, 0.15) is 12.5 Å². The summed E-state index contributed by atoms with van der Waals surface area (Å²) < 4.78 is 5.28. The molecule has 0 bridgehead atoms. The topological polar surface area (TPSA) is 48.9 Å². The molecule has 0 spiro atoms. The van der Waals surface area contributed by atoms with Crippen LogP contribution in [0.2, 0.25) is 0 Å². The largest absolute Gasteiger partial charge is 0.380 e. The van der Waals surface area contributed by atoms with Crippen LogP contribution in [0.25, 0.3) is 0 Å². The molecule has 0 aliphatic heterocycles. The molecule has 0 amide bonds. The third-order valence-corrected chi connectivity index (χ3v) is 3.05. The number of hydrogen-bond acceptors (Lipinski definition) is 3. The highest BCUT2D eigenvalue weighted by atomic mass is 127. The summed E-state index contributed by atoms with van der Waals surface area (Å²) in [6.45, 7) is 6.99. The lowest BCUT2D eigenvalue weighted by molar-refractivity contribution is 0.152. The Morgan fingerprint density at radius 3 is 2.50 bits per heavy atom. The Balaban J connectivity index is 0.00000441. The Hall–Kier alpha value is -0.860. The maximum atomic E-state index is 5.28. The highest BCUT2D eigenvalue weighted by Crippen LogP contribution is 2.01. The number of halogens is 1. The van der Waals surface area contributed by atoms with Crippen LogP contribution in [-0.4, -0.2) is 57.8 Å². The zero-order valence-corrected chi connectivity index (χ0v) is 16.2. The van der Waals surface area contributed by atoms with Crippen LogP contribution in [0.4, 0.5) is 0 Å². The fraction of sp³-hybridized carbons (Fsp3) is 0.562. The summed E-state index contributed by atoms with van der Waals surface area (Å²) >= 11 is 0. The van der Waals surface area contributed by atoms with E-state index in [1.165, 1.54) is 5.56 Å². The Morgan fingerprint density at radius 2 is 1.86 bits per heavy atom. The first-order valence-electron chi connectivity index (χ1n) is 7.51. The third kappa shape index (κ3) is 9.97. The standard InChI is InChI=1S/C16H28N4O.HI/c1-4-21-13-11-19-16(17-2)18-10-12-20(3)14-15-8-6-5-7-9-15;/h5-9H,4,10-14H2,1-3H3,(H2,17,18,19);1H. The summed E-state index contributed by atoms with van der Waals surface area (Å²) in [5, 5.41) is 6.53. The molecule has 0 aliphatic rings. The quantitative estimate of drug-likeness (QED) is 0.278. The van der Waals surface area contributed by atoms with E-state index in [-0.39, 0.29) is 24.0 Å². The zero-order valence-electron chi connectivity index (χ0n) is 13.8. The van der Waals surface area contributed by atoms with Crippen molar-refractivity contribution in [1.29, 1.82) is 0 Å². The molecule has 6 heteroatoms. The van der Waals surface area contributed by atoms with Crippen LogP contribution in [0, 0.1) is 0 Å². The average Bonchev–Trinajstić information content (AvgIpc) is 2.50. The SMILES string of the molecule is CCOCCNC(=NC)NCCN(C)Cc1ccccc1.I. The molecule has 2 N–H and O–H groups in total. The van der Waals surface area contributed by atoms with Gasteiger partial charge in [-0.2, -0.15) is 0 Å². The summed E-state index contributed by atoms with van der Waals surface area (Å²) in [6, 6.07) is 10.5. The molecule has 0 aliphatic carbocycles. The molecule has 0 aromatic heterocycles. The molecule has 0 radical (unpaired) electrons. The lowest BCUT2D eigenvalue weighted by Gasteiger charge is -2.18. The fourth-order valence-corrected chi connectivity index (χ4v) is 1.95. The smallest absolute Gasteiger partial charge is 0.191 e. The van der Waals surface area contributed by atoms with E-state index in [9.17, 15) is 0 Å². The van der Waals surface area contributed by atoms with Gasteiger partial charge in [0.1, 0.15) is 0 Å². The maximum absolute atomic E-state index is 5.28. The van der Waals surface area contributed by atoms with Crippen molar-refractivity contribution in [3.63, 3.8) is 0 Å². The minimum absolute atomic E-state index is 0. The van der Waals surface area contributed by atoms with Crippen molar-refractivity contribution in [3.05, 3.63) is 35.9 Å². The van der Waals surface area contributed by atoms with Crippen LogP contribution in [0.5, 0.6) is 0 Å². The van der Waals surface area contributed by atoms with Gasteiger partial charge < -0.3 is 20.3 Å². The number of aliphatic imine (C=N–C) groups is 1. The van der Waals surface area contributed by atoms with Gasteiger partial charge in [-0.1, -0.05) is 30.3 Å². The molecule has 0 unspecified atom stereocenters. The van der Waals surface area contributed by atoms with Gasteiger partial charge in [0.15, 0.2) is 5.96 Å². The second kappa shape index (κ2) is 13.8. The molecule has 1 rings (SSSR count). The van der Waals surface area contributed by atoms with E-state index in [4.69, 9.17) is 4.74 Å². The fourth-order valence-electron chi connectivity index (χ4n) is 1.95. The molecule has 0 saturated carbocycles. The van der Waals surface area contributed by atoms with Crippen LogP contribution in [0.3, 0.4) is 0 Å². The van der Waals surface area contributed by atoms with Gasteiger partial charge in [-0.15, -0.1) is 24.0 Å². The number of guanidine groups is 1. The molecular weight excluding hydrogens is 391 g/mol. The Labute approximate surface area is 151 Å². The first-order valence-corrected chi connectivity index (χ1v) is 7.51. The Kier molecular flexibility index (Phi) is 13.2. The van der Waals surface area contributed by atoms with Crippen molar-refractivity contribution in [3.8, 4) is 0 Å². The minimum atomic E-state index is 0. The first kappa shape index (κ1) is 21.1. The first-order chi connectivity index (χ1) is 10.3. The average molecular weight is 420 g/mol. The molecular formula is C16H29IN4O. The molecule has 0 atom stereocenters. The van der Waals surface area contributed by atoms with Gasteiger partial charge in [0.25, 0.3) is 0 Å². The van der Waals surface area contributed by atoms with E-state index in [1.54, 1.807) is 7.05 Å². The lowest BCUT2D eigenvalue weighted by Crippen LogP contribution is -2.42. The summed E-state index contributed by atoms with van der Waals surface area (Å²) in [6.07, 6.45) is 0. The van der Waals surface area contributed by atoms with Crippen molar-refractivity contribution >= 4 is 29.9 Å². The van der Waals surface area contributed by atoms with E-state index in [1.807, 2.05) is 13.0 Å². The second-order valence-corrected chi connectivity index (χ2v) is 4.85. The van der Waals surface area contributed by atoms with Gasteiger partial charge in [-0.25, -0.2) is 0 Å². The van der Waals surface area contributed by atoms with Gasteiger partial charge in [0.2, 0.25) is 0 Å². The molecule has 126 valence electrons. The van der Waals surface area contributed by atoms with Gasteiger partial charge in [0, 0.05) is 39.8 Å². The van der Waals surface area contributed by atoms with Crippen LogP contribution >= 0.6 is 24.0 Å². The number of likely N-dealkylation sites (N-methyl/N-ethyl adjacent to an activating group) is 1. The van der Waals surface area contributed by atoms with Crippen molar-refractivity contribution in [1.82, 2.24) is 15.5 Å². The summed E-state index contributed by atoms with van der Waals surface area (Å²) in [5.41, 5.74) is 1.33. The normalized spacial score (nSPS) is 11.2. The second-order valence-electron chi connectivity index (χ2n) is 4.85. The van der Waals surface area contributed by atoms with Crippen LogP contribution in [0.15, 0.2) is 35.3 Å². The van der Waals surface area contributed by atoms with E-state index in [2.05, 4.69) is 51.8 Å². The van der Waals surface area contributed by atoms with Gasteiger partial charge in [-0.3, -0.25) is 4.99 Å². The van der Waals surface area contributed by atoms with Crippen LogP contribution in [-0.2, 0) is 11.3 Å².